The van der Waals surface area contributed by atoms with Crippen molar-refractivity contribution in [3.63, 3.8) is 0 Å². The lowest BCUT2D eigenvalue weighted by atomic mass is 9.99. The fourth-order valence-corrected chi connectivity index (χ4v) is 2.49. The Bertz CT molecular complexity index is 513. The van der Waals surface area contributed by atoms with E-state index in [1.54, 1.807) is 0 Å². The van der Waals surface area contributed by atoms with Gasteiger partial charge in [-0.15, -0.1) is 0 Å². The Morgan fingerprint density at radius 2 is 2.00 bits per heavy atom. The zero-order valence-corrected chi connectivity index (χ0v) is 13.5. The van der Waals surface area contributed by atoms with Crippen molar-refractivity contribution in [3.05, 3.63) is 35.9 Å². The third-order valence-electron chi connectivity index (χ3n) is 4.01. The van der Waals surface area contributed by atoms with Gasteiger partial charge in [0.1, 0.15) is 12.7 Å². The Balaban J connectivity index is 1.81. The minimum Gasteiger partial charge on any atom is -0.445 e. The van der Waals surface area contributed by atoms with Crippen molar-refractivity contribution in [1.29, 1.82) is 0 Å². The van der Waals surface area contributed by atoms with Crippen molar-refractivity contribution in [2.24, 2.45) is 5.92 Å². The molecule has 0 saturated heterocycles. The molecule has 1 amide bonds. The molecule has 0 aromatic heterocycles. The van der Waals surface area contributed by atoms with E-state index in [1.165, 1.54) is 0 Å². The summed E-state index contributed by atoms with van der Waals surface area (Å²) in [6.07, 6.45) is 2.06. The summed E-state index contributed by atoms with van der Waals surface area (Å²) >= 11 is 0. The number of rotatable bonds is 9. The maximum absolute atomic E-state index is 12.0. The van der Waals surface area contributed by atoms with E-state index in [-0.39, 0.29) is 12.4 Å². The molecule has 0 aliphatic heterocycles. The van der Waals surface area contributed by atoms with E-state index >= 15 is 0 Å². The van der Waals surface area contributed by atoms with E-state index in [1.807, 2.05) is 37.3 Å². The Labute approximate surface area is 137 Å². The van der Waals surface area contributed by atoms with Crippen molar-refractivity contribution < 1.29 is 19.4 Å². The highest BCUT2D eigenvalue weighted by Crippen LogP contribution is 2.33. The van der Waals surface area contributed by atoms with Crippen molar-refractivity contribution in [1.82, 2.24) is 5.32 Å². The highest BCUT2D eigenvalue weighted by atomic mass is 16.5. The molecule has 5 heteroatoms. The monoisotopic (exact) mass is 319 g/mol. The lowest BCUT2D eigenvalue weighted by molar-refractivity contribution is -0.128. The lowest BCUT2D eigenvalue weighted by Crippen LogP contribution is -2.47. The van der Waals surface area contributed by atoms with Gasteiger partial charge in [0.25, 0.3) is 0 Å². The van der Waals surface area contributed by atoms with Crippen LogP contribution < -0.4 is 5.32 Å². The molecule has 0 radical (unpaired) electrons. The first-order valence-electron chi connectivity index (χ1n) is 8.28. The van der Waals surface area contributed by atoms with Crippen molar-refractivity contribution >= 4 is 11.9 Å². The molecule has 1 aromatic carbocycles. The standard InChI is InChI=1S/C18H25NO4/c1-2-6-15(17(21)16(20)11-13-9-10-13)19-18(22)23-12-14-7-4-3-5-8-14/h3-5,7-8,13,15,17,21H,2,6,9-12H2,1H3,(H,19,22)/t15-,17+/m0/s1. The van der Waals surface area contributed by atoms with Gasteiger partial charge in [-0.1, -0.05) is 43.7 Å². The van der Waals surface area contributed by atoms with Crippen LogP contribution in [0.2, 0.25) is 0 Å². The Hall–Kier alpha value is -1.88. The predicted octanol–water partition coefficient (Wildman–Crippen LogP) is 2.81. The average molecular weight is 319 g/mol. The summed E-state index contributed by atoms with van der Waals surface area (Å²) in [7, 11) is 0. The van der Waals surface area contributed by atoms with Crippen LogP contribution in [0.5, 0.6) is 0 Å². The zero-order chi connectivity index (χ0) is 16.7. The molecule has 5 nitrogen and oxygen atoms in total. The first-order chi connectivity index (χ1) is 11.1. The van der Waals surface area contributed by atoms with Gasteiger partial charge in [-0.25, -0.2) is 4.79 Å². The van der Waals surface area contributed by atoms with Crippen molar-refractivity contribution in [3.8, 4) is 0 Å². The largest absolute Gasteiger partial charge is 0.445 e. The Morgan fingerprint density at radius 3 is 2.61 bits per heavy atom. The van der Waals surface area contributed by atoms with Crippen LogP contribution in [0.15, 0.2) is 30.3 Å². The molecule has 23 heavy (non-hydrogen) atoms. The van der Waals surface area contributed by atoms with Crippen LogP contribution in [-0.2, 0) is 16.1 Å². The normalized spacial score (nSPS) is 16.4. The van der Waals surface area contributed by atoms with Crippen LogP contribution in [0.1, 0.15) is 44.6 Å². The van der Waals surface area contributed by atoms with Gasteiger partial charge >= 0.3 is 6.09 Å². The first-order valence-corrected chi connectivity index (χ1v) is 8.28. The smallest absolute Gasteiger partial charge is 0.407 e. The third-order valence-corrected chi connectivity index (χ3v) is 4.01. The number of aliphatic hydroxyl groups is 1. The van der Waals surface area contributed by atoms with Gasteiger partial charge in [-0.3, -0.25) is 4.79 Å². The second-order valence-corrected chi connectivity index (χ2v) is 6.16. The number of hydrogen-bond donors (Lipinski definition) is 2. The minimum absolute atomic E-state index is 0.164. The molecule has 1 aromatic rings. The second-order valence-electron chi connectivity index (χ2n) is 6.16. The van der Waals surface area contributed by atoms with Crippen LogP contribution >= 0.6 is 0 Å². The molecule has 2 atom stereocenters. The van der Waals surface area contributed by atoms with Gasteiger partial charge in [0.05, 0.1) is 6.04 Å². The SMILES string of the molecule is CCC[C@H](NC(=O)OCc1ccccc1)[C@@H](O)C(=O)CC1CC1. The number of benzene rings is 1. The summed E-state index contributed by atoms with van der Waals surface area (Å²) in [5.41, 5.74) is 0.889. The number of aliphatic hydroxyl groups excluding tert-OH is 1. The van der Waals surface area contributed by atoms with E-state index in [0.29, 0.717) is 18.8 Å². The topological polar surface area (TPSA) is 75.6 Å². The quantitative estimate of drug-likeness (QED) is 0.734. The number of alkyl carbamates (subject to hydrolysis) is 1. The van der Waals surface area contributed by atoms with Gasteiger partial charge in [0, 0.05) is 6.42 Å². The van der Waals surface area contributed by atoms with Gasteiger partial charge in [0.15, 0.2) is 5.78 Å². The number of hydrogen-bond acceptors (Lipinski definition) is 4. The minimum atomic E-state index is -1.15. The van der Waals surface area contributed by atoms with Gasteiger partial charge in [-0.05, 0) is 30.7 Å². The number of carbonyl (C=O) groups is 2. The number of Topliss-reactive ketones (excluding diaryl/α,β-unsaturated/α-hetero) is 1. The molecular weight excluding hydrogens is 294 g/mol. The van der Waals surface area contributed by atoms with E-state index in [2.05, 4.69) is 5.32 Å². The molecule has 1 aliphatic rings. The number of carbonyl (C=O) groups excluding carboxylic acids is 2. The third kappa shape index (κ3) is 6.02. The average Bonchev–Trinajstić information content (AvgIpc) is 3.36. The van der Waals surface area contributed by atoms with E-state index < -0.39 is 18.2 Å². The molecule has 0 bridgehead atoms. The van der Waals surface area contributed by atoms with Crippen LogP contribution in [0.4, 0.5) is 4.79 Å². The summed E-state index contributed by atoms with van der Waals surface area (Å²) < 4.78 is 5.16. The van der Waals surface area contributed by atoms with Crippen molar-refractivity contribution in [2.75, 3.05) is 0 Å². The molecule has 0 unspecified atom stereocenters. The summed E-state index contributed by atoms with van der Waals surface area (Å²) in [6, 6.07) is 8.78. The molecule has 1 fully saturated rings. The van der Waals surface area contributed by atoms with Crippen LogP contribution in [0, 0.1) is 5.92 Å². The number of amides is 1. The summed E-state index contributed by atoms with van der Waals surface area (Å²) in [5.74, 6) is 0.235. The molecule has 2 rings (SSSR count). The highest BCUT2D eigenvalue weighted by Gasteiger charge is 2.32. The zero-order valence-electron chi connectivity index (χ0n) is 13.5. The second kappa shape index (κ2) is 8.67. The molecule has 2 N–H and O–H groups in total. The molecule has 1 aliphatic carbocycles. The molecule has 1 saturated carbocycles. The van der Waals surface area contributed by atoms with Crippen LogP contribution in [0.3, 0.4) is 0 Å². The molecule has 126 valence electrons. The predicted molar refractivity (Wildman–Crippen MR) is 86.8 cm³/mol. The van der Waals surface area contributed by atoms with Gasteiger partial charge in [0.2, 0.25) is 0 Å². The number of ketones is 1. The van der Waals surface area contributed by atoms with E-state index in [9.17, 15) is 14.7 Å². The summed E-state index contributed by atoms with van der Waals surface area (Å²) in [4.78, 5) is 23.9. The fourth-order valence-electron chi connectivity index (χ4n) is 2.49. The summed E-state index contributed by atoms with van der Waals surface area (Å²) in [5, 5.41) is 12.8. The maximum Gasteiger partial charge on any atom is 0.407 e. The van der Waals surface area contributed by atoms with E-state index in [4.69, 9.17) is 4.74 Å². The number of nitrogens with one attached hydrogen (secondary N) is 1. The Kier molecular flexibility index (Phi) is 6.59. The fraction of sp³-hybridized carbons (Fsp3) is 0.556. The molecular formula is C18H25NO4. The first kappa shape index (κ1) is 17.5. The van der Waals surface area contributed by atoms with Crippen LogP contribution in [-0.4, -0.2) is 29.1 Å². The highest BCUT2D eigenvalue weighted by molar-refractivity contribution is 5.84. The number of ether oxygens (including phenoxy) is 1. The van der Waals surface area contributed by atoms with Crippen LogP contribution in [0.25, 0.3) is 0 Å². The summed E-state index contributed by atoms with van der Waals surface area (Å²) in [6.45, 7) is 2.11. The molecule has 0 heterocycles. The molecule has 0 spiro atoms. The Morgan fingerprint density at radius 1 is 1.30 bits per heavy atom. The van der Waals surface area contributed by atoms with E-state index in [0.717, 1.165) is 24.8 Å². The van der Waals surface area contributed by atoms with Gasteiger partial charge in [-0.2, -0.15) is 0 Å². The maximum atomic E-state index is 12.0. The lowest BCUT2D eigenvalue weighted by Gasteiger charge is -2.22. The van der Waals surface area contributed by atoms with Crippen molar-refractivity contribution in [2.45, 2.75) is 57.8 Å². The van der Waals surface area contributed by atoms with Gasteiger partial charge < -0.3 is 15.2 Å².